The normalized spacial score (nSPS) is 24.2. The standard InChI is InChI=1S/C27H37BrN2O5S.C27H36N2O5S/c1-26(2,3)19-10-9-16(13-20(19)34-8)24(31)30-21(23-29-11-12-36-23)18(15-33-7)17(14-28)22(30)25(32)35-27(4,5)6;1-25(2,3)18-10-9-16(13-20(18)33-8)23(30)29-21(22-28-11-12-35-22)17(15-32-7)19-14-27(19,29)24(31)34-26(4,5)6/h9-13,17-18,21-22H,14-15H2,1-8H3;9-13,17,19,21H,14-15H2,1-8H3/t17-,18-,21+,22?;17-,19-,21+,27-/m00/s1. The fourth-order valence-electron chi connectivity index (χ4n) is 10.2. The van der Waals surface area contributed by atoms with Gasteiger partial charge in [-0.05, 0) is 94.2 Å². The Morgan fingerprint density at radius 2 is 1.14 bits per heavy atom. The highest BCUT2D eigenvalue weighted by Crippen LogP contribution is 2.66. The van der Waals surface area contributed by atoms with Crippen molar-refractivity contribution in [2.45, 2.75) is 135 Å². The Balaban J connectivity index is 0.000000232. The van der Waals surface area contributed by atoms with Crippen LogP contribution in [-0.4, -0.2) is 113 Å². The molecule has 0 spiro atoms. The number of aromatic nitrogens is 2. The molecule has 14 nitrogen and oxygen atoms in total. The number of likely N-dealkylation sites (tertiary alicyclic amines) is 2. The van der Waals surface area contributed by atoms with Crippen LogP contribution in [0.25, 0.3) is 0 Å². The lowest BCUT2D eigenvalue weighted by molar-refractivity contribution is -0.163. The number of methoxy groups -OCH3 is 4. The van der Waals surface area contributed by atoms with Crippen molar-refractivity contribution < 1.29 is 47.6 Å². The molecule has 1 saturated carbocycles. The van der Waals surface area contributed by atoms with E-state index < -0.39 is 34.8 Å². The van der Waals surface area contributed by atoms with Crippen LogP contribution < -0.4 is 9.47 Å². The van der Waals surface area contributed by atoms with Crippen LogP contribution in [0.5, 0.6) is 11.5 Å². The van der Waals surface area contributed by atoms with Crippen molar-refractivity contribution in [1.82, 2.24) is 19.8 Å². The molecule has 2 aromatic heterocycles. The smallest absolute Gasteiger partial charge is 0.332 e. The monoisotopic (exact) mass is 1080 g/mol. The Labute approximate surface area is 436 Å². The van der Waals surface area contributed by atoms with Crippen molar-refractivity contribution >= 4 is 62.4 Å². The molecule has 3 fully saturated rings. The van der Waals surface area contributed by atoms with Crippen LogP contribution in [0.15, 0.2) is 59.6 Å². The van der Waals surface area contributed by atoms with Crippen molar-refractivity contribution in [2.75, 3.05) is 47.0 Å². The molecule has 388 valence electrons. The molecule has 3 aliphatic rings. The molecule has 0 bridgehead atoms. The molecule has 2 amide bonds. The predicted molar refractivity (Wildman–Crippen MR) is 280 cm³/mol. The third-order valence-corrected chi connectivity index (χ3v) is 15.7. The summed E-state index contributed by atoms with van der Waals surface area (Å²) in [6, 6.07) is 9.44. The Morgan fingerprint density at radius 3 is 1.56 bits per heavy atom. The van der Waals surface area contributed by atoms with Gasteiger partial charge in [0.15, 0.2) is 0 Å². The van der Waals surface area contributed by atoms with Gasteiger partial charge in [-0.1, -0.05) is 69.6 Å². The van der Waals surface area contributed by atoms with Gasteiger partial charge in [0.2, 0.25) is 0 Å². The first-order valence-electron chi connectivity index (χ1n) is 24.0. The largest absolute Gasteiger partial charge is 0.496 e. The third-order valence-electron chi connectivity index (χ3n) is 13.2. The summed E-state index contributed by atoms with van der Waals surface area (Å²) in [6.45, 7) is 24.4. The van der Waals surface area contributed by atoms with Gasteiger partial charge in [-0.2, -0.15) is 0 Å². The fourth-order valence-corrected chi connectivity index (χ4v) is 12.7. The molecule has 71 heavy (non-hydrogen) atoms. The molecule has 0 radical (unpaired) electrons. The summed E-state index contributed by atoms with van der Waals surface area (Å²) in [5, 5.41) is 5.85. The van der Waals surface area contributed by atoms with Crippen LogP contribution >= 0.6 is 38.6 Å². The third kappa shape index (κ3) is 11.7. The number of thiazole rings is 2. The predicted octanol–water partition coefficient (Wildman–Crippen LogP) is 10.6. The Hall–Kier alpha value is -4.42. The average Bonchev–Trinajstić information content (AvgIpc) is 3.78. The number of nitrogens with zero attached hydrogens (tertiary/aromatic N) is 4. The molecule has 17 heteroatoms. The number of fused-ring (bicyclic) bond motifs is 1. The summed E-state index contributed by atoms with van der Waals surface area (Å²) in [7, 11) is 6.50. The second kappa shape index (κ2) is 21.6. The number of carbonyl (C=O) groups is 4. The van der Waals surface area contributed by atoms with E-state index in [0.717, 1.165) is 21.1 Å². The van der Waals surface area contributed by atoms with E-state index in [1.807, 2.05) is 76.6 Å². The highest BCUT2D eigenvalue weighted by atomic mass is 79.9. The zero-order chi connectivity index (χ0) is 52.6. The van der Waals surface area contributed by atoms with Gasteiger partial charge in [-0.15, -0.1) is 22.7 Å². The molecule has 4 heterocycles. The summed E-state index contributed by atoms with van der Waals surface area (Å²) in [6.07, 6.45) is 4.01. The van der Waals surface area contributed by atoms with E-state index in [1.165, 1.54) is 22.7 Å². The first-order chi connectivity index (χ1) is 33.2. The van der Waals surface area contributed by atoms with E-state index >= 15 is 0 Å². The van der Waals surface area contributed by atoms with Gasteiger partial charge in [0.1, 0.15) is 44.3 Å². The number of amides is 2. The maximum Gasteiger partial charge on any atom is 0.332 e. The number of benzene rings is 2. The minimum Gasteiger partial charge on any atom is -0.496 e. The molecule has 2 aliphatic heterocycles. The number of hydrogen-bond donors (Lipinski definition) is 0. The number of piperidine rings is 1. The van der Waals surface area contributed by atoms with E-state index in [9.17, 15) is 19.2 Å². The van der Waals surface area contributed by atoms with Crippen molar-refractivity contribution in [1.29, 1.82) is 0 Å². The molecule has 1 aliphatic carbocycles. The van der Waals surface area contributed by atoms with E-state index in [-0.39, 0.29) is 58.3 Å². The van der Waals surface area contributed by atoms with Gasteiger partial charge >= 0.3 is 11.9 Å². The molecular weight excluding hydrogens is 1010 g/mol. The van der Waals surface area contributed by atoms with Crippen LogP contribution in [0.2, 0.25) is 0 Å². The van der Waals surface area contributed by atoms with Gasteiger partial charge in [-0.25, -0.2) is 19.6 Å². The molecule has 1 unspecified atom stereocenters. The minimum absolute atomic E-state index is 0.0501. The SMILES string of the molecule is COC[C@@H]1[C@H](c2nccs2)N(C(=O)c2ccc(C(C)(C)C)c(OC)c2)[C@@]2(C(=O)OC(C)(C)C)C[C@@H]12.COC[C@H]1[C@H](CBr)C(C(=O)OC(C)(C)C)N(C(=O)c2ccc(C(C)(C)C)c(OC)c2)[C@H]1c1nccs1. The highest BCUT2D eigenvalue weighted by molar-refractivity contribution is 9.09. The lowest BCUT2D eigenvalue weighted by atomic mass is 9.85. The molecule has 8 atom stereocenters. The van der Waals surface area contributed by atoms with Crippen LogP contribution in [0, 0.1) is 23.7 Å². The summed E-state index contributed by atoms with van der Waals surface area (Å²) in [5.74, 6) is -0.487. The summed E-state index contributed by atoms with van der Waals surface area (Å²) in [4.78, 5) is 68.3. The van der Waals surface area contributed by atoms with Gasteiger partial charge in [0, 0.05) is 77.5 Å². The quantitative estimate of drug-likeness (QED) is 0.0924. The second-order valence-electron chi connectivity index (χ2n) is 22.6. The summed E-state index contributed by atoms with van der Waals surface area (Å²) in [5.41, 5.74) is 0.235. The molecule has 0 N–H and O–H groups in total. The Bertz CT molecular complexity index is 2510. The second-order valence-corrected chi connectivity index (χ2v) is 25.1. The maximum absolute atomic E-state index is 14.3. The van der Waals surface area contributed by atoms with Crippen molar-refractivity contribution in [2.24, 2.45) is 23.7 Å². The van der Waals surface area contributed by atoms with Gasteiger partial charge in [0.05, 0.1) is 39.5 Å². The van der Waals surface area contributed by atoms with Crippen LogP contribution in [0.1, 0.15) is 143 Å². The summed E-state index contributed by atoms with van der Waals surface area (Å²) < 4.78 is 34.2. The molecule has 4 aromatic rings. The Morgan fingerprint density at radius 1 is 0.662 bits per heavy atom. The minimum atomic E-state index is -1.03. The number of ether oxygens (including phenoxy) is 6. The lowest BCUT2D eigenvalue weighted by Gasteiger charge is -2.35. The summed E-state index contributed by atoms with van der Waals surface area (Å²) >= 11 is 6.57. The van der Waals surface area contributed by atoms with E-state index in [4.69, 9.17) is 28.4 Å². The number of halogens is 1. The zero-order valence-corrected chi connectivity index (χ0v) is 47.4. The first kappa shape index (κ1) is 55.9. The molecule has 7 rings (SSSR count). The van der Waals surface area contributed by atoms with Gasteiger partial charge in [0.25, 0.3) is 11.8 Å². The van der Waals surface area contributed by atoms with Gasteiger partial charge < -0.3 is 38.2 Å². The molecular formula is C54H73BrN4O10S2. The maximum atomic E-state index is 14.3. The topological polar surface area (TPSA) is 156 Å². The van der Waals surface area contributed by atoms with E-state index in [0.29, 0.717) is 47.6 Å². The van der Waals surface area contributed by atoms with Crippen LogP contribution in [-0.2, 0) is 39.4 Å². The molecule has 2 aromatic carbocycles. The van der Waals surface area contributed by atoms with Crippen LogP contribution in [0.4, 0.5) is 0 Å². The zero-order valence-electron chi connectivity index (χ0n) is 44.2. The first-order valence-corrected chi connectivity index (χ1v) is 26.9. The number of alkyl halides is 1. The van der Waals surface area contributed by atoms with Crippen molar-refractivity contribution in [3.8, 4) is 11.5 Å². The Kier molecular flexibility index (Phi) is 17.0. The number of carbonyl (C=O) groups excluding carboxylic acids is 4. The number of esters is 2. The van der Waals surface area contributed by atoms with Gasteiger partial charge in [-0.3, -0.25) is 9.59 Å². The fraction of sp³-hybridized carbons (Fsp3) is 0.593. The van der Waals surface area contributed by atoms with Crippen molar-refractivity contribution in [3.63, 3.8) is 0 Å². The van der Waals surface area contributed by atoms with E-state index in [2.05, 4.69) is 67.4 Å². The van der Waals surface area contributed by atoms with Crippen molar-refractivity contribution in [3.05, 3.63) is 91.8 Å². The average molecular weight is 1080 g/mol. The highest BCUT2D eigenvalue weighted by Gasteiger charge is 2.77. The molecule has 2 saturated heterocycles. The number of hydrogen-bond acceptors (Lipinski definition) is 14. The number of rotatable bonds is 13. The lowest BCUT2D eigenvalue weighted by Crippen LogP contribution is -2.49. The van der Waals surface area contributed by atoms with Crippen LogP contribution in [0.3, 0.4) is 0 Å². The van der Waals surface area contributed by atoms with E-state index in [1.54, 1.807) is 62.8 Å².